The summed E-state index contributed by atoms with van der Waals surface area (Å²) >= 11 is 0. The van der Waals surface area contributed by atoms with Crippen molar-refractivity contribution in [2.24, 2.45) is 17.4 Å². The van der Waals surface area contributed by atoms with E-state index in [-0.39, 0.29) is 57.1 Å². The molecule has 10 unspecified atom stereocenters. The molecule has 1 aromatic carbocycles. The Morgan fingerprint density at radius 2 is 1.25 bits per heavy atom. The van der Waals surface area contributed by atoms with Gasteiger partial charge in [0, 0.05) is 19.5 Å². The molecule has 2 fully saturated rings. The van der Waals surface area contributed by atoms with Crippen molar-refractivity contribution in [3.8, 4) is 0 Å². The zero-order valence-corrected chi connectivity index (χ0v) is 36.9. The minimum atomic E-state index is -1.87. The van der Waals surface area contributed by atoms with Crippen LogP contribution in [0, 0.1) is 11.3 Å². The fourth-order valence-electron chi connectivity index (χ4n) is 7.29. The number of carbonyl (C=O) groups excluding carboxylic acids is 9. The zero-order valence-electron chi connectivity index (χ0n) is 36.9. The van der Waals surface area contributed by atoms with Crippen LogP contribution >= 0.6 is 0 Å². The van der Waals surface area contributed by atoms with Crippen LogP contribution in [0.4, 0.5) is 0 Å². The average molecular weight is 917 g/mol. The summed E-state index contributed by atoms with van der Waals surface area (Å²) in [5.74, 6) is -9.59. The number of nitrogens with one attached hydrogen (secondary N) is 9. The number of amides is 9. The van der Waals surface area contributed by atoms with Crippen LogP contribution in [-0.4, -0.2) is 160 Å². The van der Waals surface area contributed by atoms with Crippen LogP contribution in [0.2, 0.25) is 0 Å². The first-order valence-corrected chi connectivity index (χ1v) is 21.4. The highest BCUT2D eigenvalue weighted by Gasteiger charge is 2.42. The summed E-state index contributed by atoms with van der Waals surface area (Å²) in [7, 11) is 0. The smallest absolute Gasteiger partial charge is 0.248 e. The third kappa shape index (κ3) is 16.3. The van der Waals surface area contributed by atoms with Gasteiger partial charge in [0.25, 0.3) is 0 Å². The van der Waals surface area contributed by atoms with Gasteiger partial charge in [0.2, 0.25) is 53.2 Å². The number of nitrogens with two attached hydrogens (primary N) is 2. The largest absolute Gasteiger partial charge is 0.394 e. The van der Waals surface area contributed by atoms with Crippen LogP contribution in [0.15, 0.2) is 30.3 Å². The van der Waals surface area contributed by atoms with Crippen molar-refractivity contribution < 1.29 is 58.5 Å². The molecule has 0 radical (unpaired) electrons. The number of aliphatic hydroxyl groups is 3. The number of benzene rings is 1. The second kappa shape index (κ2) is 25.2. The maximum atomic E-state index is 14.2. The van der Waals surface area contributed by atoms with Crippen molar-refractivity contribution >= 4 is 59.1 Å². The molecule has 360 valence electrons. The Morgan fingerprint density at radius 1 is 0.723 bits per heavy atom. The number of primary amides is 1. The molecule has 0 spiro atoms. The maximum absolute atomic E-state index is 14.2. The Morgan fingerprint density at radius 3 is 1.83 bits per heavy atom. The fourth-order valence-corrected chi connectivity index (χ4v) is 7.29. The fraction of sp³-hybridized carbons (Fsp3) is 0.610. The van der Waals surface area contributed by atoms with Gasteiger partial charge in [0.05, 0.1) is 25.2 Å². The number of hydrogen-bond donors (Lipinski definition) is 14. The summed E-state index contributed by atoms with van der Waals surface area (Å²) in [4.78, 5) is 125. The Labute approximate surface area is 376 Å². The van der Waals surface area contributed by atoms with Crippen molar-refractivity contribution in [2.45, 2.75) is 133 Å². The topological polar surface area (TPSA) is 390 Å². The lowest BCUT2D eigenvalue weighted by Crippen LogP contribution is -2.63. The second-order valence-corrected chi connectivity index (χ2v) is 16.6. The zero-order chi connectivity index (χ0) is 48.5. The summed E-state index contributed by atoms with van der Waals surface area (Å²) in [6.07, 6.45) is -3.72. The van der Waals surface area contributed by atoms with Gasteiger partial charge < -0.3 is 74.2 Å². The van der Waals surface area contributed by atoms with Gasteiger partial charge in [-0.3, -0.25) is 48.6 Å². The van der Waals surface area contributed by atoms with Crippen molar-refractivity contribution in [2.75, 3.05) is 19.7 Å². The van der Waals surface area contributed by atoms with Crippen LogP contribution in [-0.2, 0) is 49.6 Å². The van der Waals surface area contributed by atoms with E-state index in [1.807, 2.05) is 0 Å². The van der Waals surface area contributed by atoms with Crippen LogP contribution < -0.4 is 54.0 Å². The average Bonchev–Trinajstić information content (AvgIpc) is 3.73. The van der Waals surface area contributed by atoms with Gasteiger partial charge in [0.15, 0.2) is 5.96 Å². The van der Waals surface area contributed by atoms with Crippen LogP contribution in [0.3, 0.4) is 0 Å². The maximum Gasteiger partial charge on any atom is 0.248 e. The Balaban J connectivity index is 2.15. The number of fused-ring (bicyclic) bond motifs is 1. The second-order valence-electron chi connectivity index (χ2n) is 16.6. The molecule has 3 rings (SSSR count). The lowest BCUT2D eigenvalue weighted by Gasteiger charge is -2.32. The van der Waals surface area contributed by atoms with Crippen molar-refractivity contribution in [3.05, 3.63) is 35.9 Å². The summed E-state index contributed by atoms with van der Waals surface area (Å²) in [5.41, 5.74) is 11.4. The monoisotopic (exact) mass is 916 g/mol. The van der Waals surface area contributed by atoms with Gasteiger partial charge in [-0.2, -0.15) is 0 Å². The van der Waals surface area contributed by atoms with Crippen molar-refractivity contribution in [1.82, 2.24) is 47.4 Å². The Bertz CT molecular complexity index is 1880. The minimum absolute atomic E-state index is 0.0155. The molecule has 0 aliphatic carbocycles. The quantitative estimate of drug-likeness (QED) is 0.0499. The van der Waals surface area contributed by atoms with E-state index in [0.717, 1.165) is 11.8 Å². The molecule has 2 saturated heterocycles. The molecular weight excluding hydrogens is 853 g/mol. The van der Waals surface area contributed by atoms with E-state index in [0.29, 0.717) is 12.0 Å². The molecule has 9 amide bonds. The van der Waals surface area contributed by atoms with Crippen molar-refractivity contribution in [3.63, 3.8) is 0 Å². The molecule has 0 aromatic heterocycles. The molecule has 1 aromatic rings. The number of guanidine groups is 1. The van der Waals surface area contributed by atoms with Gasteiger partial charge in [-0.25, -0.2) is 0 Å². The molecule has 65 heavy (non-hydrogen) atoms. The van der Waals surface area contributed by atoms with E-state index in [1.165, 1.54) is 6.92 Å². The number of aliphatic hydroxyl groups excluding tert-OH is 3. The van der Waals surface area contributed by atoms with E-state index in [4.69, 9.17) is 16.9 Å². The molecule has 24 heteroatoms. The van der Waals surface area contributed by atoms with Gasteiger partial charge >= 0.3 is 0 Å². The van der Waals surface area contributed by atoms with E-state index < -0.39 is 127 Å². The predicted octanol–water partition coefficient (Wildman–Crippen LogP) is -5.43. The van der Waals surface area contributed by atoms with Crippen LogP contribution in [0.1, 0.15) is 71.8 Å². The summed E-state index contributed by atoms with van der Waals surface area (Å²) in [5, 5.41) is 58.8. The van der Waals surface area contributed by atoms with Gasteiger partial charge in [-0.1, -0.05) is 44.2 Å². The Kier molecular flexibility index (Phi) is 20.5. The Hall–Kier alpha value is -6.40. The number of nitrogens with zero attached hydrogens (tertiary/aromatic N) is 1. The molecule has 0 bridgehead atoms. The predicted molar refractivity (Wildman–Crippen MR) is 231 cm³/mol. The van der Waals surface area contributed by atoms with E-state index >= 15 is 0 Å². The first kappa shape index (κ1) is 52.9. The molecule has 16 N–H and O–H groups in total. The highest BCUT2D eigenvalue weighted by molar-refractivity contribution is 6.00. The van der Waals surface area contributed by atoms with Gasteiger partial charge in [0.1, 0.15) is 48.3 Å². The third-order valence-electron chi connectivity index (χ3n) is 10.7. The van der Waals surface area contributed by atoms with Gasteiger partial charge in [-0.05, 0) is 57.4 Å². The third-order valence-corrected chi connectivity index (χ3v) is 10.7. The van der Waals surface area contributed by atoms with Crippen molar-refractivity contribution in [1.29, 1.82) is 5.41 Å². The SMILES string of the molecule is CC(C)CC1NC(=O)C(CCCNC(=N)N)NC(=O)C2CCCN2C(=O)C(C(C)O)NC(=O)C(Cc2ccccc2)NC(=O)C(CO)NC(=O)C(C(C)O)NC(=O)C(CC(N)=O)NC1=O. The lowest BCUT2D eigenvalue weighted by atomic mass is 10.0. The highest BCUT2D eigenvalue weighted by atomic mass is 16.3. The van der Waals surface area contributed by atoms with E-state index in [2.05, 4.69) is 42.5 Å². The highest BCUT2D eigenvalue weighted by Crippen LogP contribution is 2.21. The molecule has 2 aliphatic rings. The molecule has 24 nitrogen and oxygen atoms in total. The van der Waals surface area contributed by atoms with Gasteiger partial charge in [-0.15, -0.1) is 0 Å². The standard InChI is InChI=1S/C41H64N12O12/c1-20(2)16-25-34(59)49-27(18-30(42)57)36(61)51-31(21(3)55)39(64)50-28(19-54)37(62)48-26(17-23-10-6-5-7-11-23)35(60)52-32(22(4)56)40(65)53-15-9-13-29(53)38(63)46-24(33(58)47-25)12-8-14-45-41(43)44/h5-7,10-11,20-22,24-29,31-32,54-56H,8-9,12-19H2,1-4H3,(H2,42,57)(H,46,63)(H,47,58)(H,48,62)(H,49,59)(H,50,64)(H,51,61)(H,52,60)(H4,43,44,45). The molecule has 10 atom stereocenters. The van der Waals surface area contributed by atoms with Crippen LogP contribution in [0.25, 0.3) is 0 Å². The first-order valence-electron chi connectivity index (χ1n) is 21.4. The summed E-state index contributed by atoms with van der Waals surface area (Å²) < 4.78 is 0. The minimum Gasteiger partial charge on any atom is -0.394 e. The molecule has 0 saturated carbocycles. The molecule has 2 aliphatic heterocycles. The number of hydrogen-bond acceptors (Lipinski definition) is 13. The summed E-state index contributed by atoms with van der Waals surface area (Å²) in [6, 6.07) is -4.23. The molecular formula is C41H64N12O12. The van der Waals surface area contributed by atoms with Crippen LogP contribution in [0.5, 0.6) is 0 Å². The first-order chi connectivity index (χ1) is 30.6. The van der Waals surface area contributed by atoms with E-state index in [9.17, 15) is 58.5 Å². The van der Waals surface area contributed by atoms with E-state index in [1.54, 1.807) is 44.2 Å². The number of rotatable bonds is 13. The molecule has 2 heterocycles. The summed E-state index contributed by atoms with van der Waals surface area (Å²) in [6.45, 7) is 4.88. The lowest BCUT2D eigenvalue weighted by molar-refractivity contribution is -0.145. The number of carbonyl (C=O) groups is 9. The normalized spacial score (nSPS) is 26.7.